The summed E-state index contributed by atoms with van der Waals surface area (Å²) in [6.07, 6.45) is 20.2. The SMILES string of the molecule is CN1C(=O)CC[C@@]2(C)C1=CCC1C3CCC(C(=O)N(C(=O)NC4CCCCC4)C4CCCCC4)[C@@]3(C)CCC12. The Labute approximate surface area is 235 Å². The Balaban J connectivity index is 1.24. The van der Waals surface area contributed by atoms with E-state index in [2.05, 4.69) is 25.2 Å². The molecule has 39 heavy (non-hydrogen) atoms. The molecule has 0 aromatic heterocycles. The van der Waals surface area contributed by atoms with E-state index >= 15 is 0 Å². The molecule has 6 atom stereocenters. The van der Waals surface area contributed by atoms with Crippen LogP contribution in [0, 0.1) is 34.5 Å². The van der Waals surface area contributed by atoms with Crippen molar-refractivity contribution in [1.29, 1.82) is 0 Å². The molecule has 0 aromatic rings. The number of imide groups is 1. The predicted molar refractivity (Wildman–Crippen MR) is 152 cm³/mol. The van der Waals surface area contributed by atoms with Gasteiger partial charge in [0.2, 0.25) is 11.8 Å². The molecule has 1 aliphatic heterocycles. The Bertz CT molecular complexity index is 1010. The first-order valence-corrected chi connectivity index (χ1v) is 16.3. The molecule has 4 saturated carbocycles. The summed E-state index contributed by atoms with van der Waals surface area (Å²) >= 11 is 0. The molecular formula is C33H51N3O3. The van der Waals surface area contributed by atoms with Gasteiger partial charge in [0.25, 0.3) is 0 Å². The fraction of sp³-hybridized carbons (Fsp3) is 0.848. The number of nitrogens with one attached hydrogen (secondary N) is 1. The number of likely N-dealkylation sites (tertiary alicyclic amines) is 1. The molecule has 5 aliphatic carbocycles. The van der Waals surface area contributed by atoms with Gasteiger partial charge in [-0.1, -0.05) is 58.4 Å². The number of amides is 4. The number of carbonyl (C=O) groups is 3. The third-order valence-corrected chi connectivity index (χ3v) is 12.6. The molecule has 1 saturated heterocycles. The molecule has 4 amide bonds. The third-order valence-electron chi connectivity index (χ3n) is 12.6. The van der Waals surface area contributed by atoms with Crippen LogP contribution >= 0.6 is 0 Å². The van der Waals surface area contributed by atoms with Crippen LogP contribution in [0.3, 0.4) is 0 Å². The Morgan fingerprint density at radius 1 is 0.897 bits per heavy atom. The summed E-state index contributed by atoms with van der Waals surface area (Å²) in [5.74, 6) is 1.97. The number of allylic oxidation sites excluding steroid dienone is 2. The maximum atomic E-state index is 14.5. The molecule has 6 heteroatoms. The van der Waals surface area contributed by atoms with Crippen LogP contribution in [-0.2, 0) is 9.59 Å². The number of piperidine rings is 1. The van der Waals surface area contributed by atoms with Gasteiger partial charge in [0.1, 0.15) is 0 Å². The van der Waals surface area contributed by atoms with Gasteiger partial charge in [0, 0.05) is 42.6 Å². The topological polar surface area (TPSA) is 69.7 Å². The van der Waals surface area contributed by atoms with E-state index in [9.17, 15) is 14.4 Å². The smallest absolute Gasteiger partial charge is 0.324 e. The number of rotatable bonds is 3. The number of hydrogen-bond acceptors (Lipinski definition) is 3. The number of carbonyl (C=O) groups excluding carboxylic acids is 3. The maximum Gasteiger partial charge on any atom is 0.324 e. The van der Waals surface area contributed by atoms with Crippen LogP contribution < -0.4 is 5.32 Å². The Kier molecular flexibility index (Phi) is 7.37. The minimum Gasteiger partial charge on any atom is -0.335 e. The highest BCUT2D eigenvalue weighted by molar-refractivity contribution is 5.96. The first-order valence-electron chi connectivity index (χ1n) is 16.3. The third kappa shape index (κ3) is 4.56. The van der Waals surface area contributed by atoms with Crippen molar-refractivity contribution >= 4 is 17.8 Å². The first-order chi connectivity index (χ1) is 18.7. The van der Waals surface area contributed by atoms with Crippen molar-refractivity contribution in [2.24, 2.45) is 34.5 Å². The standard InChI is InChI=1S/C33H51N3O3/c1-32-20-18-26-24(14-17-28-33(26,2)21-19-29(37)35(28)3)25(32)15-16-27(32)30(38)36(23-12-8-5-9-13-23)31(39)34-22-10-6-4-7-11-22/h17,22-27H,4-16,18-21H2,1-3H3,(H,34,39)/t24?,25?,26?,27?,32-,33+/m0/s1. The minimum atomic E-state index is -0.104. The monoisotopic (exact) mass is 537 g/mol. The van der Waals surface area contributed by atoms with Gasteiger partial charge in [-0.2, -0.15) is 0 Å². The first kappa shape index (κ1) is 27.3. The highest BCUT2D eigenvalue weighted by atomic mass is 16.2. The van der Waals surface area contributed by atoms with E-state index < -0.39 is 0 Å². The largest absolute Gasteiger partial charge is 0.335 e. The molecule has 0 aromatic carbocycles. The van der Waals surface area contributed by atoms with Crippen molar-refractivity contribution in [3.05, 3.63) is 11.8 Å². The normalized spacial score (nSPS) is 39.3. The van der Waals surface area contributed by atoms with Crippen LogP contribution in [0.4, 0.5) is 4.79 Å². The van der Waals surface area contributed by atoms with Gasteiger partial charge < -0.3 is 10.2 Å². The minimum absolute atomic E-state index is 0.0472. The lowest BCUT2D eigenvalue weighted by molar-refractivity contribution is -0.144. The van der Waals surface area contributed by atoms with E-state index in [4.69, 9.17) is 0 Å². The van der Waals surface area contributed by atoms with Crippen LogP contribution in [0.15, 0.2) is 11.8 Å². The van der Waals surface area contributed by atoms with Crippen molar-refractivity contribution < 1.29 is 14.4 Å². The number of fused-ring (bicyclic) bond motifs is 5. The molecule has 5 fully saturated rings. The van der Waals surface area contributed by atoms with E-state index in [1.54, 1.807) is 4.90 Å². The van der Waals surface area contributed by atoms with Crippen molar-refractivity contribution in [2.75, 3.05) is 7.05 Å². The Hall–Kier alpha value is -1.85. The molecule has 216 valence electrons. The molecular weight excluding hydrogens is 486 g/mol. The molecule has 4 unspecified atom stereocenters. The molecule has 6 nitrogen and oxygen atoms in total. The molecule has 6 aliphatic rings. The van der Waals surface area contributed by atoms with Gasteiger partial charge in [-0.25, -0.2) is 4.79 Å². The maximum absolute atomic E-state index is 14.5. The van der Waals surface area contributed by atoms with E-state index in [1.807, 2.05) is 11.9 Å². The molecule has 0 spiro atoms. The molecule has 0 radical (unpaired) electrons. The molecule has 1 heterocycles. The highest BCUT2D eigenvalue weighted by Gasteiger charge is 2.61. The Morgan fingerprint density at radius 3 is 2.31 bits per heavy atom. The predicted octanol–water partition coefficient (Wildman–Crippen LogP) is 6.79. The summed E-state index contributed by atoms with van der Waals surface area (Å²) < 4.78 is 0. The van der Waals surface area contributed by atoms with E-state index in [0.29, 0.717) is 24.2 Å². The zero-order valence-electron chi connectivity index (χ0n) is 24.7. The average molecular weight is 538 g/mol. The lowest BCUT2D eigenvalue weighted by atomic mass is 9.49. The summed E-state index contributed by atoms with van der Waals surface area (Å²) in [7, 11) is 1.96. The molecule has 0 bridgehead atoms. The van der Waals surface area contributed by atoms with Crippen molar-refractivity contribution in [3.8, 4) is 0 Å². The van der Waals surface area contributed by atoms with E-state index in [-0.39, 0.29) is 46.7 Å². The number of nitrogens with zero attached hydrogens (tertiary/aromatic N) is 2. The summed E-state index contributed by atoms with van der Waals surface area (Å²) in [6.45, 7) is 4.79. The second-order valence-corrected chi connectivity index (χ2v) is 14.5. The lowest BCUT2D eigenvalue weighted by Crippen LogP contribution is -2.57. The number of hydrogen-bond donors (Lipinski definition) is 1. The average Bonchev–Trinajstić information content (AvgIpc) is 3.29. The fourth-order valence-electron chi connectivity index (χ4n) is 10.4. The molecule has 6 rings (SSSR count). The fourth-order valence-corrected chi connectivity index (χ4v) is 10.4. The van der Waals surface area contributed by atoms with Gasteiger partial charge >= 0.3 is 6.03 Å². The van der Waals surface area contributed by atoms with Crippen LogP contribution in [-0.4, -0.2) is 46.8 Å². The van der Waals surface area contributed by atoms with Crippen molar-refractivity contribution in [3.63, 3.8) is 0 Å². The second-order valence-electron chi connectivity index (χ2n) is 14.5. The van der Waals surface area contributed by atoms with Gasteiger partial charge in [-0.05, 0) is 87.4 Å². The zero-order valence-corrected chi connectivity index (χ0v) is 24.7. The van der Waals surface area contributed by atoms with Crippen molar-refractivity contribution in [2.45, 2.75) is 135 Å². The van der Waals surface area contributed by atoms with E-state index in [0.717, 1.165) is 77.0 Å². The molecule has 1 N–H and O–H groups in total. The zero-order chi connectivity index (χ0) is 27.4. The summed E-state index contributed by atoms with van der Waals surface area (Å²) in [5.41, 5.74) is 1.26. The van der Waals surface area contributed by atoms with Crippen LogP contribution in [0.5, 0.6) is 0 Å². The van der Waals surface area contributed by atoms with Crippen molar-refractivity contribution in [1.82, 2.24) is 15.1 Å². The van der Waals surface area contributed by atoms with Crippen LogP contribution in [0.25, 0.3) is 0 Å². The number of urea groups is 1. The quantitative estimate of drug-likeness (QED) is 0.431. The van der Waals surface area contributed by atoms with Gasteiger partial charge in [-0.3, -0.25) is 14.5 Å². The Morgan fingerprint density at radius 2 is 1.59 bits per heavy atom. The van der Waals surface area contributed by atoms with Gasteiger partial charge in [0.05, 0.1) is 0 Å². The lowest BCUT2D eigenvalue weighted by Gasteiger charge is -2.58. The summed E-state index contributed by atoms with van der Waals surface area (Å²) in [5, 5.41) is 3.32. The summed E-state index contributed by atoms with van der Waals surface area (Å²) in [6, 6.07) is 0.174. The second kappa shape index (κ2) is 10.5. The summed E-state index contributed by atoms with van der Waals surface area (Å²) in [4.78, 5) is 44.5. The van der Waals surface area contributed by atoms with E-state index in [1.165, 1.54) is 31.4 Å². The van der Waals surface area contributed by atoms with Crippen LogP contribution in [0.1, 0.15) is 123 Å². The highest BCUT2D eigenvalue weighted by Crippen LogP contribution is 2.66. The van der Waals surface area contributed by atoms with Gasteiger partial charge in [-0.15, -0.1) is 0 Å². The van der Waals surface area contributed by atoms with Crippen LogP contribution in [0.2, 0.25) is 0 Å². The van der Waals surface area contributed by atoms with Gasteiger partial charge in [0.15, 0.2) is 0 Å².